The van der Waals surface area contributed by atoms with E-state index in [1.54, 1.807) is 59.5 Å². The van der Waals surface area contributed by atoms with Crippen LogP contribution < -0.4 is 5.32 Å². The van der Waals surface area contributed by atoms with Gasteiger partial charge in [0, 0.05) is 32.8 Å². The summed E-state index contributed by atoms with van der Waals surface area (Å²) in [5, 5.41) is 6.01. The maximum Gasteiger partial charge on any atom is 0.256 e. The van der Waals surface area contributed by atoms with Crippen LogP contribution in [-0.4, -0.2) is 16.7 Å². The fourth-order valence-electron chi connectivity index (χ4n) is 3.10. The maximum atomic E-state index is 13.0. The average Bonchev–Trinajstić information content (AvgIpc) is 3.23. The van der Waals surface area contributed by atoms with Crippen molar-refractivity contribution in [2.24, 2.45) is 0 Å². The molecule has 1 amide bonds. The summed E-state index contributed by atoms with van der Waals surface area (Å²) >= 11 is 3.21. The van der Waals surface area contributed by atoms with Gasteiger partial charge in [-0.1, -0.05) is 54.6 Å². The normalized spacial score (nSPS) is 10.6. The van der Waals surface area contributed by atoms with Crippen LogP contribution in [0.5, 0.6) is 0 Å². The van der Waals surface area contributed by atoms with Gasteiger partial charge < -0.3 is 5.32 Å². The second-order valence-corrected chi connectivity index (χ2v) is 8.95. The molecular formula is C25H20N2O2S2. The fourth-order valence-corrected chi connectivity index (χ4v) is 4.76. The van der Waals surface area contributed by atoms with Gasteiger partial charge in [-0.2, -0.15) is 0 Å². The second-order valence-electron chi connectivity index (χ2n) is 6.87. The highest BCUT2D eigenvalue weighted by Gasteiger charge is 2.14. The maximum absolute atomic E-state index is 13.0. The van der Waals surface area contributed by atoms with Crippen LogP contribution in [0.4, 0.5) is 5.69 Å². The lowest BCUT2D eigenvalue weighted by molar-refractivity contribution is 0.101. The molecule has 0 fully saturated rings. The van der Waals surface area contributed by atoms with Crippen molar-refractivity contribution < 1.29 is 9.59 Å². The van der Waals surface area contributed by atoms with Gasteiger partial charge in [0.05, 0.1) is 16.3 Å². The van der Waals surface area contributed by atoms with E-state index in [0.717, 1.165) is 15.6 Å². The number of carbonyl (C=O) groups excluding carboxylic acids is 2. The fraction of sp³-hybridized carbons (Fsp3) is 0.0800. The first-order valence-corrected chi connectivity index (χ1v) is 11.6. The Morgan fingerprint density at radius 2 is 1.68 bits per heavy atom. The number of amides is 1. The number of thioether (sulfide) groups is 1. The number of rotatable bonds is 7. The minimum atomic E-state index is -0.207. The van der Waals surface area contributed by atoms with Crippen molar-refractivity contribution in [3.05, 3.63) is 112 Å². The Hall–Kier alpha value is -3.22. The minimum Gasteiger partial charge on any atom is -0.322 e. The summed E-state index contributed by atoms with van der Waals surface area (Å²) in [6, 6.07) is 23.6. The standard InChI is InChI=1S/C25H20N2O2S2/c1-17-26-21(15-30-17)16-31-23-13-6-5-12-22(23)25(29)27-20-11-7-10-19(14-20)24(28)18-8-3-2-4-9-18/h2-15H,16H2,1H3,(H,27,29). The molecule has 4 nitrogen and oxygen atoms in total. The molecule has 0 bridgehead atoms. The largest absolute Gasteiger partial charge is 0.322 e. The Kier molecular flexibility index (Phi) is 6.60. The molecule has 0 unspecified atom stereocenters. The van der Waals surface area contributed by atoms with Crippen LogP contribution in [0.3, 0.4) is 0 Å². The summed E-state index contributed by atoms with van der Waals surface area (Å²) < 4.78 is 0. The number of ketones is 1. The molecule has 0 aliphatic carbocycles. The lowest BCUT2D eigenvalue weighted by atomic mass is 10.0. The first kappa shape index (κ1) is 21.0. The number of benzene rings is 3. The molecule has 0 saturated heterocycles. The molecule has 154 valence electrons. The van der Waals surface area contributed by atoms with Gasteiger partial charge in [-0.15, -0.1) is 23.1 Å². The number of nitrogens with one attached hydrogen (secondary N) is 1. The molecule has 1 aromatic heterocycles. The molecular weight excluding hydrogens is 424 g/mol. The number of hydrogen-bond donors (Lipinski definition) is 1. The first-order valence-electron chi connectivity index (χ1n) is 9.74. The Morgan fingerprint density at radius 3 is 2.45 bits per heavy atom. The SMILES string of the molecule is Cc1nc(CSc2ccccc2C(=O)Nc2cccc(C(=O)c3ccccc3)c2)cs1. The molecule has 31 heavy (non-hydrogen) atoms. The highest BCUT2D eigenvalue weighted by molar-refractivity contribution is 7.98. The summed E-state index contributed by atoms with van der Waals surface area (Å²) in [6.45, 7) is 1.98. The van der Waals surface area contributed by atoms with Crippen LogP contribution in [-0.2, 0) is 5.75 Å². The third-order valence-electron chi connectivity index (χ3n) is 4.59. The number of aryl methyl sites for hydroxylation is 1. The van der Waals surface area contributed by atoms with Gasteiger partial charge in [0.15, 0.2) is 5.78 Å². The molecule has 1 heterocycles. The van der Waals surface area contributed by atoms with E-state index in [9.17, 15) is 9.59 Å². The van der Waals surface area contributed by atoms with E-state index in [-0.39, 0.29) is 11.7 Å². The number of anilines is 1. The quantitative estimate of drug-likeness (QED) is 0.271. The van der Waals surface area contributed by atoms with Gasteiger partial charge in [0.25, 0.3) is 5.91 Å². The molecule has 0 saturated carbocycles. The lowest BCUT2D eigenvalue weighted by Crippen LogP contribution is -2.13. The van der Waals surface area contributed by atoms with Gasteiger partial charge in [-0.3, -0.25) is 9.59 Å². The number of carbonyl (C=O) groups is 2. The summed E-state index contributed by atoms with van der Waals surface area (Å²) in [5.74, 6) is 0.420. The molecule has 4 aromatic rings. The topological polar surface area (TPSA) is 59.1 Å². The zero-order chi connectivity index (χ0) is 21.6. The van der Waals surface area contributed by atoms with Gasteiger partial charge >= 0.3 is 0 Å². The number of hydrogen-bond acceptors (Lipinski definition) is 5. The highest BCUT2D eigenvalue weighted by Crippen LogP contribution is 2.27. The molecule has 1 N–H and O–H groups in total. The van der Waals surface area contributed by atoms with Gasteiger partial charge in [0.1, 0.15) is 0 Å². The third-order valence-corrected chi connectivity index (χ3v) is 6.52. The Labute approximate surface area is 189 Å². The van der Waals surface area contributed by atoms with Gasteiger partial charge in [0.2, 0.25) is 0 Å². The van der Waals surface area contributed by atoms with E-state index < -0.39 is 0 Å². The molecule has 0 radical (unpaired) electrons. The molecule has 0 spiro atoms. The van der Waals surface area contributed by atoms with Crippen molar-refractivity contribution in [3.8, 4) is 0 Å². The first-order chi connectivity index (χ1) is 15.1. The summed E-state index contributed by atoms with van der Waals surface area (Å²) in [7, 11) is 0. The monoisotopic (exact) mass is 444 g/mol. The Morgan fingerprint density at radius 1 is 0.935 bits per heavy atom. The van der Waals surface area contributed by atoms with E-state index in [1.165, 1.54) is 0 Å². The van der Waals surface area contributed by atoms with Crippen molar-refractivity contribution >= 4 is 40.5 Å². The Bertz CT molecular complexity index is 1220. The Balaban J connectivity index is 1.49. The molecule has 3 aromatic carbocycles. The van der Waals surface area contributed by atoms with Crippen LogP contribution in [0, 0.1) is 6.92 Å². The van der Waals surface area contributed by atoms with Crippen molar-refractivity contribution in [1.29, 1.82) is 0 Å². The second kappa shape index (κ2) is 9.73. The van der Waals surface area contributed by atoms with Crippen LogP contribution in [0.1, 0.15) is 37.0 Å². The lowest BCUT2D eigenvalue weighted by Gasteiger charge is -2.10. The molecule has 0 aliphatic heterocycles. The van der Waals surface area contributed by atoms with Gasteiger partial charge in [-0.25, -0.2) is 4.98 Å². The van der Waals surface area contributed by atoms with Gasteiger partial charge in [-0.05, 0) is 31.2 Å². The van der Waals surface area contributed by atoms with E-state index in [2.05, 4.69) is 10.3 Å². The van der Waals surface area contributed by atoms with Crippen molar-refractivity contribution in [1.82, 2.24) is 4.98 Å². The molecule has 6 heteroatoms. The number of thiazole rings is 1. The van der Waals surface area contributed by atoms with Crippen LogP contribution in [0.2, 0.25) is 0 Å². The predicted octanol–water partition coefficient (Wildman–Crippen LogP) is 6.23. The van der Waals surface area contributed by atoms with Crippen LogP contribution in [0.15, 0.2) is 89.1 Å². The highest BCUT2D eigenvalue weighted by atomic mass is 32.2. The zero-order valence-electron chi connectivity index (χ0n) is 16.9. The summed E-state index contributed by atoms with van der Waals surface area (Å²) in [5.41, 5.74) is 3.34. The number of nitrogens with zero attached hydrogens (tertiary/aromatic N) is 1. The summed E-state index contributed by atoms with van der Waals surface area (Å²) in [4.78, 5) is 31.1. The molecule has 4 rings (SSSR count). The van der Waals surface area contributed by atoms with Crippen LogP contribution >= 0.6 is 23.1 Å². The van der Waals surface area contributed by atoms with E-state index in [0.29, 0.717) is 28.1 Å². The van der Waals surface area contributed by atoms with E-state index >= 15 is 0 Å². The summed E-state index contributed by atoms with van der Waals surface area (Å²) in [6.07, 6.45) is 0. The zero-order valence-corrected chi connectivity index (χ0v) is 18.5. The smallest absolute Gasteiger partial charge is 0.256 e. The number of aromatic nitrogens is 1. The minimum absolute atomic E-state index is 0.0776. The van der Waals surface area contributed by atoms with E-state index in [4.69, 9.17) is 0 Å². The van der Waals surface area contributed by atoms with Crippen molar-refractivity contribution in [2.45, 2.75) is 17.6 Å². The average molecular weight is 445 g/mol. The van der Waals surface area contributed by atoms with Crippen molar-refractivity contribution in [2.75, 3.05) is 5.32 Å². The molecule has 0 aliphatic rings. The van der Waals surface area contributed by atoms with Crippen molar-refractivity contribution in [3.63, 3.8) is 0 Å². The van der Waals surface area contributed by atoms with Crippen LogP contribution in [0.25, 0.3) is 0 Å². The van der Waals surface area contributed by atoms with E-state index in [1.807, 2.05) is 54.8 Å². The predicted molar refractivity (Wildman–Crippen MR) is 127 cm³/mol. The third kappa shape index (κ3) is 5.29. The molecule has 0 atom stereocenters.